The van der Waals surface area contributed by atoms with Gasteiger partial charge in [-0.25, -0.2) is 9.18 Å². The summed E-state index contributed by atoms with van der Waals surface area (Å²) in [4.78, 5) is 52.6. The van der Waals surface area contributed by atoms with E-state index in [1.165, 1.54) is 40.2 Å². The van der Waals surface area contributed by atoms with Crippen LogP contribution >= 0.6 is 27.5 Å². The zero-order valence-corrected chi connectivity index (χ0v) is 34.9. The van der Waals surface area contributed by atoms with Crippen LogP contribution < -0.4 is 9.64 Å². The first kappa shape index (κ1) is 42.8. The lowest BCUT2D eigenvalue weighted by atomic mass is 10.1. The SMILES string of the molecule is CC(C)C.COC(=O)CN1C(=O)CCC1CCCN1CCCC1.COc1nc(N2CC3CCC(C2)N3C(=O)OC(C)(C)C)c2cc(Cl)c(Br)c(F)c2n1. The van der Waals surface area contributed by atoms with Crippen LogP contribution in [0.15, 0.2) is 10.5 Å². The summed E-state index contributed by atoms with van der Waals surface area (Å²) in [5, 5.41) is 0.747. The first-order chi connectivity index (χ1) is 25.0. The van der Waals surface area contributed by atoms with Crippen molar-refractivity contribution in [1.29, 1.82) is 0 Å². The molecular weight excluding hydrogens is 771 g/mol. The molecule has 15 heteroatoms. The molecule has 4 fully saturated rings. The zero-order chi connectivity index (χ0) is 39.0. The van der Waals surface area contributed by atoms with Crippen molar-refractivity contribution in [1.82, 2.24) is 24.7 Å². The summed E-state index contributed by atoms with van der Waals surface area (Å²) >= 11 is 9.38. The Morgan fingerprint density at radius 3 is 2.25 bits per heavy atom. The molecular formula is C38H57BrClFN6O6. The Morgan fingerprint density at radius 2 is 1.68 bits per heavy atom. The van der Waals surface area contributed by atoms with Gasteiger partial charge >= 0.3 is 18.1 Å². The van der Waals surface area contributed by atoms with Crippen LogP contribution in [0, 0.1) is 11.7 Å². The highest BCUT2D eigenvalue weighted by molar-refractivity contribution is 9.10. The fraction of sp³-hybridized carbons (Fsp3) is 0.711. The lowest BCUT2D eigenvalue weighted by Gasteiger charge is -2.42. The van der Waals surface area contributed by atoms with Gasteiger partial charge in [-0.05, 0) is 113 Å². The number of aromatic nitrogens is 2. The van der Waals surface area contributed by atoms with Crippen molar-refractivity contribution in [2.75, 3.05) is 58.4 Å². The minimum absolute atomic E-state index is 0.00891. The number of benzene rings is 1. The van der Waals surface area contributed by atoms with Crippen LogP contribution in [0.3, 0.4) is 0 Å². The van der Waals surface area contributed by atoms with E-state index >= 15 is 0 Å². The maximum atomic E-state index is 14.8. The molecule has 0 spiro atoms. The summed E-state index contributed by atoms with van der Waals surface area (Å²) in [5.74, 6) is 0.595. The number of carbonyl (C=O) groups is 3. The molecule has 4 aliphatic heterocycles. The molecule has 5 heterocycles. The lowest BCUT2D eigenvalue weighted by Crippen LogP contribution is -2.57. The van der Waals surface area contributed by atoms with Crippen LogP contribution in [-0.2, 0) is 19.1 Å². The summed E-state index contributed by atoms with van der Waals surface area (Å²) < 4.78 is 30.5. The number of esters is 1. The maximum absolute atomic E-state index is 14.8. The van der Waals surface area contributed by atoms with Crippen LogP contribution in [-0.4, -0.2) is 120 Å². The number of piperazine rings is 1. The first-order valence-corrected chi connectivity index (χ1v) is 19.9. The Balaban J connectivity index is 0.000000233. The van der Waals surface area contributed by atoms with Crippen LogP contribution in [0.4, 0.5) is 15.0 Å². The molecule has 3 unspecified atom stereocenters. The van der Waals surface area contributed by atoms with Gasteiger partial charge in [0.2, 0.25) is 5.91 Å². The number of amides is 2. The van der Waals surface area contributed by atoms with E-state index < -0.39 is 11.4 Å². The van der Waals surface area contributed by atoms with Gasteiger partial charge in [-0.1, -0.05) is 32.4 Å². The molecule has 12 nitrogen and oxygen atoms in total. The summed E-state index contributed by atoms with van der Waals surface area (Å²) in [6.07, 6.45) is 7.66. The second-order valence-corrected chi connectivity index (χ2v) is 17.0. The molecule has 6 rings (SSSR count). The standard InChI is InChI=1S/C20H23BrClFN4O3.C14H24N2O3.C4H10/c1-20(2,3)30-19(28)27-10-5-6-11(27)9-26(8-10)17-12-7-13(22)14(21)15(23)16(12)24-18(25-17)29-4;1-19-14(18)11-16-12(6-7-13(16)17)5-4-10-15-8-2-3-9-15;1-4(2)3/h7,10-11H,5-6,8-9H2,1-4H3;12H,2-11H2,1H3;4H,1-3H3. The fourth-order valence-corrected chi connectivity index (χ4v) is 7.72. The Morgan fingerprint density at radius 1 is 1.06 bits per heavy atom. The number of hydrogen-bond donors (Lipinski definition) is 0. The van der Waals surface area contributed by atoms with Crippen molar-refractivity contribution in [2.45, 2.75) is 117 Å². The molecule has 0 radical (unpaired) electrons. The van der Waals surface area contributed by atoms with Crippen molar-refractivity contribution < 1.29 is 33.0 Å². The third kappa shape index (κ3) is 11.5. The number of halogens is 3. The van der Waals surface area contributed by atoms with E-state index in [-0.39, 0.29) is 63.7 Å². The largest absolute Gasteiger partial charge is 0.468 e. The minimum Gasteiger partial charge on any atom is -0.468 e. The monoisotopic (exact) mass is 826 g/mol. The minimum atomic E-state index is -0.560. The topological polar surface area (TPSA) is 118 Å². The van der Waals surface area contributed by atoms with E-state index in [4.69, 9.17) is 21.1 Å². The number of hydrogen-bond acceptors (Lipinski definition) is 10. The molecule has 296 valence electrons. The van der Waals surface area contributed by atoms with Crippen molar-refractivity contribution >= 4 is 62.2 Å². The predicted molar refractivity (Wildman–Crippen MR) is 208 cm³/mol. The molecule has 1 aromatic carbocycles. The Bertz CT molecular complexity index is 1570. The van der Waals surface area contributed by atoms with E-state index in [1.807, 2.05) is 25.7 Å². The van der Waals surface area contributed by atoms with E-state index in [0.717, 1.165) is 44.6 Å². The van der Waals surface area contributed by atoms with Gasteiger partial charge in [-0.15, -0.1) is 0 Å². The van der Waals surface area contributed by atoms with Crippen molar-refractivity contribution in [2.24, 2.45) is 5.92 Å². The average Bonchev–Trinajstić information content (AvgIpc) is 3.81. The summed E-state index contributed by atoms with van der Waals surface area (Å²) in [7, 11) is 2.81. The third-order valence-electron chi connectivity index (χ3n) is 9.54. The summed E-state index contributed by atoms with van der Waals surface area (Å²) in [5.41, 5.74) is -0.416. The smallest absolute Gasteiger partial charge is 0.410 e. The highest BCUT2D eigenvalue weighted by Gasteiger charge is 2.45. The van der Waals surface area contributed by atoms with E-state index in [1.54, 1.807) is 11.0 Å². The van der Waals surface area contributed by atoms with Crippen molar-refractivity contribution in [3.05, 3.63) is 21.4 Å². The molecule has 0 N–H and O–H groups in total. The third-order valence-corrected chi connectivity index (χ3v) is 10.8. The number of fused-ring (bicyclic) bond motifs is 3. The first-order valence-electron chi connectivity index (χ1n) is 18.8. The molecule has 4 aliphatic rings. The Kier molecular flexibility index (Phi) is 15.4. The quantitative estimate of drug-likeness (QED) is 0.196. The number of ether oxygens (including phenoxy) is 3. The second kappa shape index (κ2) is 19.1. The maximum Gasteiger partial charge on any atom is 0.410 e. The van der Waals surface area contributed by atoms with Crippen molar-refractivity contribution in [3.63, 3.8) is 0 Å². The molecule has 0 aliphatic carbocycles. The molecule has 4 saturated heterocycles. The van der Waals surface area contributed by atoms with Crippen LogP contribution in [0.25, 0.3) is 10.9 Å². The molecule has 2 bridgehead atoms. The Labute approximate surface area is 327 Å². The van der Waals surface area contributed by atoms with Gasteiger partial charge in [-0.2, -0.15) is 9.97 Å². The Hall–Kier alpha value is -2.97. The van der Waals surface area contributed by atoms with Crippen LogP contribution in [0.1, 0.15) is 92.9 Å². The van der Waals surface area contributed by atoms with Gasteiger partial charge in [-0.3, -0.25) is 14.5 Å². The summed E-state index contributed by atoms with van der Waals surface area (Å²) in [6.45, 7) is 16.9. The van der Waals surface area contributed by atoms with E-state index in [2.05, 4.69) is 61.2 Å². The number of nitrogens with zero attached hydrogens (tertiary/aromatic N) is 6. The van der Waals surface area contributed by atoms with Gasteiger partial charge in [0.25, 0.3) is 0 Å². The number of anilines is 1. The normalized spacial score (nSPS) is 21.4. The van der Waals surface area contributed by atoms with E-state index in [9.17, 15) is 18.8 Å². The van der Waals surface area contributed by atoms with Gasteiger partial charge in [0.1, 0.15) is 23.5 Å². The fourth-order valence-electron chi connectivity index (χ4n) is 7.23. The van der Waals surface area contributed by atoms with Crippen molar-refractivity contribution in [3.8, 4) is 6.01 Å². The molecule has 1 aromatic heterocycles. The highest BCUT2D eigenvalue weighted by atomic mass is 79.9. The average molecular weight is 828 g/mol. The zero-order valence-electron chi connectivity index (χ0n) is 32.6. The predicted octanol–water partition coefficient (Wildman–Crippen LogP) is 7.47. The number of likely N-dealkylation sites (tertiary alicyclic amines) is 2. The van der Waals surface area contributed by atoms with Gasteiger partial charge in [0.15, 0.2) is 5.82 Å². The second-order valence-electron chi connectivity index (χ2n) is 15.8. The van der Waals surface area contributed by atoms with Gasteiger partial charge in [0.05, 0.1) is 35.8 Å². The summed E-state index contributed by atoms with van der Waals surface area (Å²) in [6, 6.07) is 1.94. The van der Waals surface area contributed by atoms with Crippen LogP contribution in [0.5, 0.6) is 6.01 Å². The van der Waals surface area contributed by atoms with E-state index in [0.29, 0.717) is 30.7 Å². The van der Waals surface area contributed by atoms with Crippen LogP contribution in [0.2, 0.25) is 5.02 Å². The van der Waals surface area contributed by atoms with Gasteiger partial charge in [0, 0.05) is 30.9 Å². The molecule has 53 heavy (non-hydrogen) atoms. The number of methoxy groups -OCH3 is 2. The number of rotatable bonds is 8. The molecule has 2 amide bonds. The molecule has 3 atom stereocenters. The lowest BCUT2D eigenvalue weighted by molar-refractivity contribution is -0.146. The number of carbonyl (C=O) groups excluding carboxylic acids is 3. The van der Waals surface area contributed by atoms with Gasteiger partial charge < -0.3 is 28.9 Å². The molecule has 0 saturated carbocycles. The highest BCUT2D eigenvalue weighted by Crippen LogP contribution is 2.39. The molecule has 2 aromatic rings.